The monoisotopic (exact) mass is 341 g/mol. The Hall–Kier alpha value is -1.26. The van der Waals surface area contributed by atoms with Crippen molar-refractivity contribution in [2.75, 3.05) is 7.11 Å². The van der Waals surface area contributed by atoms with Gasteiger partial charge in [0.1, 0.15) is 12.4 Å². The largest absolute Gasteiger partial charge is 0.488 e. The van der Waals surface area contributed by atoms with Crippen LogP contribution < -0.4 is 9.47 Å². The molecule has 1 heterocycles. The fraction of sp³-hybridized carbons (Fsp3) is 0.214. The van der Waals surface area contributed by atoms with Gasteiger partial charge in [0.15, 0.2) is 0 Å². The third-order valence-corrected chi connectivity index (χ3v) is 3.43. The number of hydrogen-bond donors (Lipinski definition) is 0. The molecule has 0 spiro atoms. The first-order chi connectivity index (χ1) is 9.24. The summed E-state index contributed by atoms with van der Waals surface area (Å²) < 4.78 is 11.0. The van der Waals surface area contributed by atoms with E-state index in [0.29, 0.717) is 22.8 Å². The summed E-state index contributed by atoms with van der Waals surface area (Å²) in [6.45, 7) is 0.401. The average Bonchev–Trinajstić information content (AvgIpc) is 2.46. The van der Waals surface area contributed by atoms with Crippen LogP contribution in [0.4, 0.5) is 0 Å². The Morgan fingerprint density at radius 2 is 2.11 bits per heavy atom. The molecular weight excluding hydrogens is 330 g/mol. The van der Waals surface area contributed by atoms with Crippen molar-refractivity contribution >= 4 is 27.5 Å². The highest BCUT2D eigenvalue weighted by atomic mass is 79.9. The molecule has 0 fully saturated rings. The highest BCUT2D eigenvalue weighted by molar-refractivity contribution is 9.08. The number of benzene rings is 1. The topological polar surface area (TPSA) is 31.4 Å². The van der Waals surface area contributed by atoms with Gasteiger partial charge in [-0.2, -0.15) is 0 Å². The van der Waals surface area contributed by atoms with Gasteiger partial charge in [0.25, 0.3) is 0 Å². The molecule has 0 unspecified atom stereocenters. The number of pyridine rings is 1. The van der Waals surface area contributed by atoms with Gasteiger partial charge in [-0.1, -0.05) is 27.5 Å². The first-order valence-corrected chi connectivity index (χ1v) is 7.19. The molecule has 3 nitrogen and oxygen atoms in total. The minimum Gasteiger partial charge on any atom is -0.488 e. The van der Waals surface area contributed by atoms with Crippen LogP contribution in [-0.4, -0.2) is 12.1 Å². The third kappa shape index (κ3) is 3.61. The van der Waals surface area contributed by atoms with Crippen LogP contribution in [0, 0.1) is 0 Å². The van der Waals surface area contributed by atoms with E-state index in [9.17, 15) is 0 Å². The van der Waals surface area contributed by atoms with Crippen molar-refractivity contribution < 1.29 is 9.47 Å². The van der Waals surface area contributed by atoms with E-state index in [-0.39, 0.29) is 0 Å². The number of rotatable bonds is 5. The Bertz CT molecular complexity index is 563. The number of halogens is 2. The van der Waals surface area contributed by atoms with E-state index in [4.69, 9.17) is 21.1 Å². The summed E-state index contributed by atoms with van der Waals surface area (Å²) in [5.74, 6) is 1.38. The van der Waals surface area contributed by atoms with Crippen molar-refractivity contribution in [3.8, 4) is 11.6 Å². The summed E-state index contributed by atoms with van der Waals surface area (Å²) in [6, 6.07) is 9.33. The summed E-state index contributed by atoms with van der Waals surface area (Å²) in [5.41, 5.74) is 1.91. The normalized spacial score (nSPS) is 10.3. The van der Waals surface area contributed by atoms with E-state index in [0.717, 1.165) is 16.9 Å². The number of hydrogen-bond acceptors (Lipinski definition) is 3. The molecule has 5 heteroatoms. The maximum atomic E-state index is 5.95. The molecule has 0 bridgehead atoms. The SMILES string of the molecule is COc1ncccc1COc1ccc(Cl)cc1CBr. The van der Waals surface area contributed by atoms with E-state index in [2.05, 4.69) is 20.9 Å². The highest BCUT2D eigenvalue weighted by Crippen LogP contribution is 2.26. The van der Waals surface area contributed by atoms with Crippen LogP contribution in [0.25, 0.3) is 0 Å². The minimum absolute atomic E-state index is 0.401. The Morgan fingerprint density at radius 1 is 1.26 bits per heavy atom. The third-order valence-electron chi connectivity index (χ3n) is 2.59. The van der Waals surface area contributed by atoms with Crippen LogP contribution in [-0.2, 0) is 11.9 Å². The molecule has 19 heavy (non-hydrogen) atoms. The van der Waals surface area contributed by atoms with E-state index in [1.54, 1.807) is 13.3 Å². The summed E-state index contributed by atoms with van der Waals surface area (Å²) in [4.78, 5) is 4.13. The van der Waals surface area contributed by atoms with E-state index < -0.39 is 0 Å². The fourth-order valence-electron chi connectivity index (χ4n) is 1.67. The molecule has 0 aliphatic rings. The van der Waals surface area contributed by atoms with Crippen molar-refractivity contribution in [3.63, 3.8) is 0 Å². The zero-order valence-electron chi connectivity index (χ0n) is 10.4. The zero-order chi connectivity index (χ0) is 13.7. The van der Waals surface area contributed by atoms with Gasteiger partial charge < -0.3 is 9.47 Å². The second-order valence-corrected chi connectivity index (χ2v) is 4.84. The maximum Gasteiger partial charge on any atom is 0.219 e. The Labute approximate surface area is 125 Å². The van der Waals surface area contributed by atoms with Gasteiger partial charge in [-0.05, 0) is 30.3 Å². The van der Waals surface area contributed by atoms with Gasteiger partial charge in [-0.3, -0.25) is 0 Å². The number of aromatic nitrogens is 1. The van der Waals surface area contributed by atoms with Crippen molar-refractivity contribution in [1.29, 1.82) is 0 Å². The van der Waals surface area contributed by atoms with Gasteiger partial charge >= 0.3 is 0 Å². The predicted molar refractivity (Wildman–Crippen MR) is 79.2 cm³/mol. The van der Waals surface area contributed by atoms with Crippen LogP contribution in [0.3, 0.4) is 0 Å². The van der Waals surface area contributed by atoms with E-state index in [1.807, 2.05) is 30.3 Å². The molecule has 0 saturated carbocycles. The van der Waals surface area contributed by atoms with E-state index >= 15 is 0 Å². The summed E-state index contributed by atoms with van der Waals surface area (Å²) in [5, 5.41) is 1.38. The van der Waals surface area contributed by atoms with Gasteiger partial charge in [0, 0.05) is 22.1 Å². The standard InChI is InChI=1S/C14H13BrClNO2/c1-18-14-10(3-2-6-17-14)9-19-13-5-4-12(16)7-11(13)8-15/h2-7H,8-9H2,1H3. The highest BCUT2D eigenvalue weighted by Gasteiger charge is 2.07. The number of nitrogens with zero attached hydrogens (tertiary/aromatic N) is 1. The van der Waals surface area contributed by atoms with Crippen LogP contribution in [0.1, 0.15) is 11.1 Å². The smallest absolute Gasteiger partial charge is 0.219 e. The van der Waals surface area contributed by atoms with Crippen molar-refractivity contribution in [2.45, 2.75) is 11.9 Å². The van der Waals surface area contributed by atoms with Crippen molar-refractivity contribution in [1.82, 2.24) is 4.98 Å². The molecule has 0 atom stereocenters. The van der Waals surface area contributed by atoms with Crippen molar-refractivity contribution in [3.05, 3.63) is 52.7 Å². The Balaban J connectivity index is 2.14. The van der Waals surface area contributed by atoms with Crippen molar-refractivity contribution in [2.24, 2.45) is 0 Å². The molecule has 100 valence electrons. The molecule has 0 aliphatic carbocycles. The summed E-state index contributed by atoms with van der Waals surface area (Å²) in [7, 11) is 1.60. The Morgan fingerprint density at radius 3 is 2.84 bits per heavy atom. The van der Waals surface area contributed by atoms with Crippen LogP contribution >= 0.6 is 27.5 Å². The Kier molecular flexibility index (Phi) is 5.05. The number of alkyl halides is 1. The average molecular weight is 343 g/mol. The molecule has 0 saturated heterocycles. The van der Waals surface area contributed by atoms with Gasteiger partial charge in [0.2, 0.25) is 5.88 Å². The summed E-state index contributed by atoms with van der Waals surface area (Å²) >= 11 is 9.38. The lowest BCUT2D eigenvalue weighted by Crippen LogP contribution is -2.01. The lowest BCUT2D eigenvalue weighted by Gasteiger charge is -2.12. The van der Waals surface area contributed by atoms with Crippen LogP contribution in [0.2, 0.25) is 5.02 Å². The zero-order valence-corrected chi connectivity index (χ0v) is 12.7. The van der Waals surface area contributed by atoms with Crippen LogP contribution in [0.5, 0.6) is 11.6 Å². The molecule has 0 N–H and O–H groups in total. The van der Waals surface area contributed by atoms with Crippen LogP contribution in [0.15, 0.2) is 36.5 Å². The quantitative estimate of drug-likeness (QED) is 0.763. The van der Waals surface area contributed by atoms with E-state index in [1.165, 1.54) is 0 Å². The lowest BCUT2D eigenvalue weighted by molar-refractivity contribution is 0.292. The van der Waals surface area contributed by atoms with Gasteiger partial charge in [0.05, 0.1) is 12.7 Å². The molecule has 2 aromatic rings. The molecule has 0 amide bonds. The second-order valence-electron chi connectivity index (χ2n) is 3.85. The molecule has 2 rings (SSSR count). The minimum atomic E-state index is 0.401. The first-order valence-electron chi connectivity index (χ1n) is 5.69. The maximum absolute atomic E-state index is 5.95. The summed E-state index contributed by atoms with van der Waals surface area (Å²) in [6.07, 6.45) is 1.69. The molecule has 0 aliphatic heterocycles. The lowest BCUT2D eigenvalue weighted by atomic mass is 10.2. The van der Waals surface area contributed by atoms with Gasteiger partial charge in [-0.15, -0.1) is 0 Å². The number of methoxy groups -OCH3 is 1. The predicted octanol–water partition coefficient (Wildman–Crippen LogP) is 4.22. The molecular formula is C14H13BrClNO2. The molecule has 0 radical (unpaired) electrons. The first kappa shape index (κ1) is 14.2. The molecule has 1 aromatic heterocycles. The molecule has 1 aromatic carbocycles. The van der Waals surface area contributed by atoms with Gasteiger partial charge in [-0.25, -0.2) is 4.98 Å². The number of ether oxygens (including phenoxy) is 2. The second kappa shape index (κ2) is 6.78. The fourth-order valence-corrected chi connectivity index (χ4v) is 2.30.